The third-order valence-corrected chi connectivity index (χ3v) is 1.30. The molecule has 0 aromatic rings. The molecule has 0 radical (unpaired) electrons. The number of hydrogen-bond donors (Lipinski definition) is 1. The number of ether oxygens (including phenoxy) is 1. The van der Waals surface area contributed by atoms with Crippen molar-refractivity contribution in [1.82, 2.24) is 10.2 Å². The number of likely N-dealkylation sites (N-methyl/N-ethyl adjacent to an activating group) is 2. The summed E-state index contributed by atoms with van der Waals surface area (Å²) < 4.78 is 4.53. The van der Waals surface area contributed by atoms with E-state index in [1.54, 1.807) is 7.05 Å². The van der Waals surface area contributed by atoms with E-state index in [-0.39, 0.29) is 6.07 Å². The summed E-state index contributed by atoms with van der Waals surface area (Å²) in [4.78, 5) is 12.3. The topological polar surface area (TPSA) is 41.6 Å². The molecule has 11 heavy (non-hydrogen) atoms. The highest BCUT2D eigenvalue weighted by Crippen LogP contribution is 1.89. The van der Waals surface area contributed by atoms with Crippen molar-refractivity contribution in [2.24, 2.45) is 0 Å². The summed E-state index contributed by atoms with van der Waals surface area (Å²) in [7, 11) is 3.48. The average Bonchev–Trinajstić information content (AvgIpc) is 2.00. The smallest absolute Gasteiger partial charge is 0.410 e. The lowest BCUT2D eigenvalue weighted by Gasteiger charge is -2.14. The first-order valence-corrected chi connectivity index (χ1v) is 3.84. The van der Waals surface area contributed by atoms with E-state index in [0.29, 0.717) is 6.54 Å². The number of rotatable bonds is 4. The summed E-state index contributed by atoms with van der Waals surface area (Å²) >= 11 is 5.19. The molecule has 0 spiro atoms. The number of halogens is 1. The van der Waals surface area contributed by atoms with Gasteiger partial charge >= 0.3 is 6.09 Å². The average molecular weight is 181 g/mol. The summed E-state index contributed by atoms with van der Waals surface area (Å²) in [5.41, 5.74) is 0. The van der Waals surface area contributed by atoms with E-state index < -0.39 is 6.09 Å². The highest BCUT2D eigenvalue weighted by molar-refractivity contribution is 6.17. The van der Waals surface area contributed by atoms with Gasteiger partial charge in [-0.15, -0.1) is 0 Å². The summed E-state index contributed by atoms with van der Waals surface area (Å²) in [5.74, 6) is 0. The van der Waals surface area contributed by atoms with Crippen LogP contribution in [0.1, 0.15) is 0 Å². The Hall–Kier alpha value is -0.480. The Balaban J connectivity index is 3.46. The molecule has 0 aromatic heterocycles. The molecule has 0 aliphatic carbocycles. The van der Waals surface area contributed by atoms with Crippen LogP contribution in [-0.2, 0) is 4.74 Å². The molecule has 0 atom stereocenters. The highest BCUT2D eigenvalue weighted by atomic mass is 35.5. The van der Waals surface area contributed by atoms with Crippen LogP contribution >= 0.6 is 11.6 Å². The van der Waals surface area contributed by atoms with Crippen molar-refractivity contribution in [1.29, 1.82) is 0 Å². The third-order valence-electron chi connectivity index (χ3n) is 1.19. The van der Waals surface area contributed by atoms with Gasteiger partial charge in [0, 0.05) is 20.1 Å². The van der Waals surface area contributed by atoms with E-state index in [1.165, 1.54) is 4.90 Å². The van der Waals surface area contributed by atoms with Gasteiger partial charge in [-0.3, -0.25) is 0 Å². The third kappa shape index (κ3) is 4.86. The fraction of sp³-hybridized carbons (Fsp3) is 0.833. The van der Waals surface area contributed by atoms with Crippen molar-refractivity contribution in [2.45, 2.75) is 0 Å². The van der Waals surface area contributed by atoms with E-state index in [1.807, 2.05) is 7.05 Å². The maximum absolute atomic E-state index is 10.8. The Kier molecular flexibility index (Phi) is 5.97. The second kappa shape index (κ2) is 6.24. The van der Waals surface area contributed by atoms with E-state index >= 15 is 0 Å². The van der Waals surface area contributed by atoms with Crippen LogP contribution in [0.2, 0.25) is 0 Å². The van der Waals surface area contributed by atoms with Gasteiger partial charge in [0.05, 0.1) is 0 Å². The first-order valence-electron chi connectivity index (χ1n) is 3.30. The lowest BCUT2D eigenvalue weighted by atomic mass is 10.6. The Morgan fingerprint density at radius 3 is 2.82 bits per heavy atom. The van der Waals surface area contributed by atoms with Gasteiger partial charge in [0.15, 0.2) is 6.07 Å². The largest absolute Gasteiger partial charge is 0.433 e. The lowest BCUT2D eigenvalue weighted by molar-refractivity contribution is 0.128. The summed E-state index contributed by atoms with van der Waals surface area (Å²) in [5, 5.41) is 2.91. The van der Waals surface area contributed by atoms with Crippen molar-refractivity contribution in [2.75, 3.05) is 33.3 Å². The minimum atomic E-state index is -0.393. The van der Waals surface area contributed by atoms with Gasteiger partial charge < -0.3 is 15.0 Å². The molecule has 0 aliphatic heterocycles. The first kappa shape index (κ1) is 10.5. The Morgan fingerprint density at radius 2 is 2.36 bits per heavy atom. The van der Waals surface area contributed by atoms with Crippen molar-refractivity contribution < 1.29 is 9.53 Å². The van der Waals surface area contributed by atoms with Crippen LogP contribution in [0.25, 0.3) is 0 Å². The molecule has 0 aromatic carbocycles. The molecule has 0 rings (SSSR count). The van der Waals surface area contributed by atoms with Gasteiger partial charge in [0.1, 0.15) is 0 Å². The van der Waals surface area contributed by atoms with Crippen molar-refractivity contribution in [3.8, 4) is 0 Å². The van der Waals surface area contributed by atoms with E-state index in [2.05, 4.69) is 10.1 Å². The zero-order chi connectivity index (χ0) is 8.69. The maximum Gasteiger partial charge on any atom is 0.410 e. The fourth-order valence-electron chi connectivity index (χ4n) is 0.528. The molecular formula is C6H13ClN2O2. The SMILES string of the molecule is CNCCN(C)C(=O)OCCl. The number of nitrogens with zero attached hydrogens (tertiary/aromatic N) is 1. The zero-order valence-electron chi connectivity index (χ0n) is 6.76. The molecule has 66 valence electrons. The highest BCUT2D eigenvalue weighted by Gasteiger charge is 2.06. The molecule has 0 aliphatic rings. The molecule has 0 fully saturated rings. The van der Waals surface area contributed by atoms with Gasteiger partial charge in [-0.2, -0.15) is 0 Å². The van der Waals surface area contributed by atoms with Crippen molar-refractivity contribution in [3.05, 3.63) is 0 Å². The normalized spacial score (nSPS) is 9.36. The Labute approximate surface area is 71.5 Å². The van der Waals surface area contributed by atoms with Gasteiger partial charge in [0.2, 0.25) is 0 Å². The molecule has 0 bridgehead atoms. The molecule has 1 amide bonds. The van der Waals surface area contributed by atoms with Crippen LogP contribution in [0.3, 0.4) is 0 Å². The predicted octanol–water partition coefficient (Wildman–Crippen LogP) is 0.470. The molecule has 0 saturated carbocycles. The second-order valence-electron chi connectivity index (χ2n) is 2.04. The van der Waals surface area contributed by atoms with Crippen LogP contribution in [0.15, 0.2) is 0 Å². The standard InChI is InChI=1S/C6H13ClN2O2/c1-8-3-4-9(2)6(10)11-5-7/h8H,3-5H2,1-2H3. The predicted molar refractivity (Wildman–Crippen MR) is 43.8 cm³/mol. The second-order valence-corrected chi connectivity index (χ2v) is 2.26. The van der Waals surface area contributed by atoms with E-state index in [9.17, 15) is 4.79 Å². The van der Waals surface area contributed by atoms with Crippen LogP contribution in [0.5, 0.6) is 0 Å². The van der Waals surface area contributed by atoms with Crippen LogP contribution < -0.4 is 5.32 Å². The number of carbonyl (C=O) groups excluding carboxylic acids is 1. The molecule has 5 heteroatoms. The van der Waals surface area contributed by atoms with Gasteiger partial charge in [-0.05, 0) is 7.05 Å². The van der Waals surface area contributed by atoms with Crippen molar-refractivity contribution in [3.63, 3.8) is 0 Å². The summed E-state index contributed by atoms with van der Waals surface area (Å²) in [6, 6.07) is -0.0945. The van der Waals surface area contributed by atoms with Crippen molar-refractivity contribution >= 4 is 17.7 Å². The summed E-state index contributed by atoms with van der Waals surface area (Å²) in [6.07, 6.45) is -0.393. The number of hydrogen-bond acceptors (Lipinski definition) is 3. The minimum Gasteiger partial charge on any atom is -0.433 e. The molecular weight excluding hydrogens is 168 g/mol. The van der Waals surface area contributed by atoms with E-state index in [0.717, 1.165) is 6.54 Å². The number of nitrogens with one attached hydrogen (secondary N) is 1. The minimum absolute atomic E-state index is 0.0945. The molecule has 0 heterocycles. The van der Waals surface area contributed by atoms with Crippen LogP contribution in [-0.4, -0.2) is 44.2 Å². The summed E-state index contributed by atoms with van der Waals surface area (Å²) in [6.45, 7) is 1.36. The maximum atomic E-state index is 10.8. The first-order chi connectivity index (χ1) is 5.22. The lowest BCUT2D eigenvalue weighted by Crippen LogP contribution is -2.33. The van der Waals surface area contributed by atoms with Gasteiger partial charge in [0.25, 0.3) is 0 Å². The number of alkyl halides is 1. The van der Waals surface area contributed by atoms with Gasteiger partial charge in [-0.1, -0.05) is 11.6 Å². The Morgan fingerprint density at radius 1 is 1.73 bits per heavy atom. The number of amides is 1. The van der Waals surface area contributed by atoms with Gasteiger partial charge in [-0.25, -0.2) is 4.79 Å². The molecule has 0 unspecified atom stereocenters. The monoisotopic (exact) mass is 180 g/mol. The van der Waals surface area contributed by atoms with Crippen LogP contribution in [0, 0.1) is 0 Å². The quantitative estimate of drug-likeness (QED) is 0.640. The molecule has 4 nitrogen and oxygen atoms in total. The number of carbonyl (C=O) groups is 1. The zero-order valence-corrected chi connectivity index (χ0v) is 7.52. The Bertz CT molecular complexity index is 121. The van der Waals surface area contributed by atoms with Crippen LogP contribution in [0.4, 0.5) is 4.79 Å². The molecule has 1 N–H and O–H groups in total. The molecule has 0 saturated heterocycles. The fourth-order valence-corrected chi connectivity index (χ4v) is 0.621. The van der Waals surface area contributed by atoms with E-state index in [4.69, 9.17) is 11.6 Å².